The summed E-state index contributed by atoms with van der Waals surface area (Å²) in [5.41, 5.74) is 1.06. The van der Waals surface area contributed by atoms with Crippen LogP contribution in [0.2, 0.25) is 0 Å². The van der Waals surface area contributed by atoms with Gasteiger partial charge >= 0.3 is 5.97 Å². The third kappa shape index (κ3) is 4.35. The summed E-state index contributed by atoms with van der Waals surface area (Å²) in [6.45, 7) is 2.13. The molecule has 0 spiro atoms. The van der Waals surface area contributed by atoms with Gasteiger partial charge in [0.2, 0.25) is 0 Å². The Bertz CT molecular complexity index is 1360. The predicted molar refractivity (Wildman–Crippen MR) is 114 cm³/mol. The molecule has 0 unspecified atom stereocenters. The van der Waals surface area contributed by atoms with Crippen molar-refractivity contribution in [1.82, 2.24) is 4.57 Å². The van der Waals surface area contributed by atoms with Crippen molar-refractivity contribution in [3.8, 4) is 12.3 Å². The fraction of sp³-hybridized carbons (Fsp3) is 0.190. The first-order chi connectivity index (χ1) is 14.3. The number of rotatable bonds is 5. The molecule has 0 aliphatic carbocycles. The second-order valence-electron chi connectivity index (χ2n) is 6.26. The number of thiazole rings is 1. The van der Waals surface area contributed by atoms with Gasteiger partial charge in [0.25, 0.3) is 5.91 Å². The maximum atomic E-state index is 12.8. The molecule has 0 saturated carbocycles. The van der Waals surface area contributed by atoms with Crippen LogP contribution >= 0.6 is 11.3 Å². The highest BCUT2D eigenvalue weighted by Crippen LogP contribution is 2.21. The molecule has 1 aromatic heterocycles. The number of benzene rings is 2. The van der Waals surface area contributed by atoms with Gasteiger partial charge in [-0.05, 0) is 37.3 Å². The first-order valence-corrected chi connectivity index (χ1v) is 11.6. The first kappa shape index (κ1) is 21.5. The number of fused-ring (bicyclic) bond motifs is 1. The van der Waals surface area contributed by atoms with Crippen molar-refractivity contribution < 1.29 is 22.7 Å². The summed E-state index contributed by atoms with van der Waals surface area (Å²) < 4.78 is 31.4. The molecule has 0 bridgehead atoms. The highest BCUT2D eigenvalue weighted by molar-refractivity contribution is 7.90. The molecule has 0 N–H and O–H groups in total. The number of carbonyl (C=O) groups is 2. The monoisotopic (exact) mass is 442 g/mol. The lowest BCUT2D eigenvalue weighted by molar-refractivity contribution is 0.0526. The van der Waals surface area contributed by atoms with E-state index >= 15 is 0 Å². The van der Waals surface area contributed by atoms with Crippen LogP contribution in [0.1, 0.15) is 27.6 Å². The molecule has 0 saturated heterocycles. The van der Waals surface area contributed by atoms with E-state index in [0.29, 0.717) is 20.6 Å². The van der Waals surface area contributed by atoms with Gasteiger partial charge in [-0.3, -0.25) is 4.79 Å². The average molecular weight is 443 g/mol. The van der Waals surface area contributed by atoms with Crippen LogP contribution in [-0.2, 0) is 21.1 Å². The summed E-state index contributed by atoms with van der Waals surface area (Å²) in [7, 11) is -3.60. The maximum Gasteiger partial charge on any atom is 0.338 e. The zero-order valence-corrected chi connectivity index (χ0v) is 17.9. The van der Waals surface area contributed by atoms with Crippen molar-refractivity contribution in [2.24, 2.45) is 4.99 Å². The Morgan fingerprint density at radius 1 is 1.23 bits per heavy atom. The van der Waals surface area contributed by atoms with E-state index in [9.17, 15) is 18.0 Å². The lowest BCUT2D eigenvalue weighted by Crippen LogP contribution is -2.17. The minimum absolute atomic E-state index is 0.0167. The van der Waals surface area contributed by atoms with Crippen LogP contribution in [0.5, 0.6) is 0 Å². The van der Waals surface area contributed by atoms with Crippen molar-refractivity contribution in [3.05, 3.63) is 58.4 Å². The number of hydrogen-bond donors (Lipinski definition) is 0. The molecule has 30 heavy (non-hydrogen) atoms. The normalized spacial score (nSPS) is 12.0. The topological polar surface area (TPSA) is 94.8 Å². The van der Waals surface area contributed by atoms with Gasteiger partial charge in [-0.15, -0.1) is 6.42 Å². The highest BCUT2D eigenvalue weighted by Gasteiger charge is 2.18. The van der Waals surface area contributed by atoms with Gasteiger partial charge in [0.15, 0.2) is 14.6 Å². The van der Waals surface area contributed by atoms with Crippen LogP contribution in [-0.4, -0.2) is 37.7 Å². The van der Waals surface area contributed by atoms with Crippen LogP contribution in [0.4, 0.5) is 0 Å². The van der Waals surface area contributed by atoms with Gasteiger partial charge < -0.3 is 9.30 Å². The zero-order valence-electron chi connectivity index (χ0n) is 16.3. The third-order valence-corrected chi connectivity index (χ3v) is 6.35. The molecule has 7 nitrogen and oxygen atoms in total. The van der Waals surface area contributed by atoms with Crippen molar-refractivity contribution in [1.29, 1.82) is 0 Å². The standard InChI is InChI=1S/C21H18N2O5S2/c1-4-12-23-16-11-10-14(20(25)28-5-2)13-17(16)29-21(23)22-19(24)15-8-6-7-9-18(15)30(3,26)27/h1,6-11,13H,5,12H2,2-3H3. The first-order valence-electron chi connectivity index (χ1n) is 8.88. The summed E-state index contributed by atoms with van der Waals surface area (Å²) >= 11 is 1.17. The van der Waals surface area contributed by atoms with Crippen molar-refractivity contribution in [2.45, 2.75) is 18.4 Å². The lowest BCUT2D eigenvalue weighted by Gasteiger charge is -2.04. The Kier molecular flexibility index (Phi) is 6.20. The molecular formula is C21H18N2O5S2. The van der Waals surface area contributed by atoms with E-state index in [2.05, 4.69) is 10.9 Å². The number of sulfone groups is 1. The van der Waals surface area contributed by atoms with E-state index in [1.165, 1.54) is 23.5 Å². The Balaban J connectivity index is 2.17. The van der Waals surface area contributed by atoms with Crippen LogP contribution in [0.15, 0.2) is 52.4 Å². The average Bonchev–Trinajstić information content (AvgIpc) is 3.04. The molecule has 1 amide bonds. The molecule has 0 radical (unpaired) electrons. The molecule has 1 heterocycles. The SMILES string of the molecule is C#CCn1c(=NC(=O)c2ccccc2S(C)(=O)=O)sc2cc(C(=O)OCC)ccc21. The predicted octanol–water partition coefficient (Wildman–Crippen LogP) is 2.66. The molecule has 3 aromatic rings. The fourth-order valence-corrected chi connectivity index (χ4v) is 4.81. The van der Waals surface area contributed by atoms with E-state index in [1.807, 2.05) is 0 Å². The van der Waals surface area contributed by atoms with Gasteiger partial charge in [0.05, 0.1) is 39.4 Å². The Morgan fingerprint density at radius 3 is 2.63 bits per heavy atom. The maximum absolute atomic E-state index is 12.8. The van der Waals surface area contributed by atoms with Crippen LogP contribution in [0, 0.1) is 12.3 Å². The van der Waals surface area contributed by atoms with E-state index in [-0.39, 0.29) is 23.6 Å². The number of ether oxygens (including phenoxy) is 1. The summed E-state index contributed by atoms with van der Waals surface area (Å²) in [5.74, 6) is 1.37. The van der Waals surface area contributed by atoms with Crippen molar-refractivity contribution in [2.75, 3.05) is 12.9 Å². The summed E-state index contributed by atoms with van der Waals surface area (Å²) in [5, 5.41) is 0. The summed E-state index contributed by atoms with van der Waals surface area (Å²) in [6, 6.07) is 10.9. The van der Waals surface area contributed by atoms with Crippen LogP contribution < -0.4 is 4.80 Å². The second kappa shape index (κ2) is 8.65. The molecule has 0 aliphatic heterocycles. The Hall–Kier alpha value is -3.22. The van der Waals surface area contributed by atoms with Gasteiger partial charge in [0, 0.05) is 6.26 Å². The lowest BCUT2D eigenvalue weighted by atomic mass is 10.2. The van der Waals surface area contributed by atoms with Gasteiger partial charge in [-0.25, -0.2) is 13.2 Å². The molecule has 3 rings (SSSR count). The number of nitrogens with zero attached hydrogens (tertiary/aromatic N) is 2. The van der Waals surface area contributed by atoms with E-state index in [4.69, 9.17) is 11.2 Å². The van der Waals surface area contributed by atoms with Gasteiger partial charge in [-0.2, -0.15) is 4.99 Å². The van der Waals surface area contributed by atoms with Crippen molar-refractivity contribution in [3.63, 3.8) is 0 Å². The zero-order chi connectivity index (χ0) is 21.9. The molecular weight excluding hydrogens is 424 g/mol. The van der Waals surface area contributed by atoms with Crippen LogP contribution in [0.3, 0.4) is 0 Å². The number of carbonyl (C=O) groups excluding carboxylic acids is 2. The largest absolute Gasteiger partial charge is 0.462 e. The minimum atomic E-state index is -3.60. The second-order valence-corrected chi connectivity index (χ2v) is 9.26. The van der Waals surface area contributed by atoms with Crippen molar-refractivity contribution >= 4 is 43.3 Å². The summed E-state index contributed by atoms with van der Waals surface area (Å²) in [6.07, 6.45) is 6.51. The summed E-state index contributed by atoms with van der Waals surface area (Å²) in [4.78, 5) is 29.2. The molecule has 0 aliphatic rings. The number of esters is 1. The fourth-order valence-electron chi connectivity index (χ4n) is 2.86. The Morgan fingerprint density at radius 2 is 1.97 bits per heavy atom. The van der Waals surface area contributed by atoms with Gasteiger partial charge in [-0.1, -0.05) is 29.4 Å². The molecule has 154 valence electrons. The quantitative estimate of drug-likeness (QED) is 0.447. The van der Waals surface area contributed by atoms with Crippen LogP contribution in [0.25, 0.3) is 10.2 Å². The third-order valence-electron chi connectivity index (χ3n) is 4.16. The van der Waals surface area contributed by atoms with E-state index in [0.717, 1.165) is 6.26 Å². The molecule has 0 fully saturated rings. The Labute approximate surface area is 177 Å². The molecule has 2 aromatic carbocycles. The molecule has 9 heteroatoms. The number of hydrogen-bond acceptors (Lipinski definition) is 6. The van der Waals surface area contributed by atoms with E-state index < -0.39 is 21.7 Å². The van der Waals surface area contributed by atoms with E-state index in [1.54, 1.807) is 41.8 Å². The smallest absolute Gasteiger partial charge is 0.338 e. The highest BCUT2D eigenvalue weighted by atomic mass is 32.2. The number of amides is 1. The minimum Gasteiger partial charge on any atom is -0.462 e. The number of terminal acetylenes is 1. The molecule has 0 atom stereocenters. The van der Waals surface area contributed by atoms with Gasteiger partial charge in [0.1, 0.15) is 0 Å². The number of aromatic nitrogens is 1.